The molecule has 2 saturated heterocycles. The largest absolute Gasteiger partial charge is 0.461 e. The van der Waals surface area contributed by atoms with Crippen molar-refractivity contribution in [2.24, 2.45) is 0 Å². The van der Waals surface area contributed by atoms with Crippen molar-refractivity contribution >= 4 is 18.0 Å². The molecule has 0 atom stereocenters. The van der Waals surface area contributed by atoms with E-state index in [1.54, 1.807) is 6.92 Å². The quantitative estimate of drug-likeness (QED) is 0.780. The minimum Gasteiger partial charge on any atom is -0.461 e. The lowest BCUT2D eigenvalue weighted by Crippen LogP contribution is -2.53. The Morgan fingerprint density at radius 3 is 2.42 bits per heavy atom. The van der Waals surface area contributed by atoms with Crippen LogP contribution in [-0.4, -0.2) is 72.7 Å². The molecule has 3 heterocycles. The number of anilines is 1. The van der Waals surface area contributed by atoms with Crippen molar-refractivity contribution in [3.05, 3.63) is 12.0 Å². The first kappa shape index (κ1) is 16.6. The third-order valence-electron chi connectivity index (χ3n) is 4.42. The number of nitrogens with zero attached hydrogens (tertiary/aromatic N) is 4. The Morgan fingerprint density at radius 1 is 1.08 bits per heavy atom. The normalized spacial score (nSPS) is 18.6. The van der Waals surface area contributed by atoms with Gasteiger partial charge in [0.25, 0.3) is 6.01 Å². The average molecular weight is 336 g/mol. The fourth-order valence-corrected chi connectivity index (χ4v) is 3.08. The van der Waals surface area contributed by atoms with E-state index in [9.17, 15) is 9.59 Å². The highest BCUT2D eigenvalue weighted by atomic mass is 16.5. The summed E-state index contributed by atoms with van der Waals surface area (Å²) in [7, 11) is 0. The molecule has 1 aromatic heterocycles. The van der Waals surface area contributed by atoms with Gasteiger partial charge in [-0.25, -0.2) is 9.59 Å². The highest BCUT2D eigenvalue weighted by Crippen LogP contribution is 2.18. The maximum absolute atomic E-state index is 12.5. The van der Waals surface area contributed by atoms with E-state index in [1.807, 2.05) is 14.7 Å². The number of piperazine rings is 1. The molecule has 0 bridgehead atoms. The molecule has 0 radical (unpaired) electrons. The summed E-state index contributed by atoms with van der Waals surface area (Å²) >= 11 is 0. The van der Waals surface area contributed by atoms with Crippen LogP contribution in [0.1, 0.15) is 36.7 Å². The predicted molar refractivity (Wildman–Crippen MR) is 87.1 cm³/mol. The number of ether oxygens (including phenoxy) is 1. The fraction of sp³-hybridized carbons (Fsp3) is 0.688. The smallest absolute Gasteiger partial charge is 0.360 e. The molecule has 132 valence electrons. The van der Waals surface area contributed by atoms with Crippen molar-refractivity contribution in [3.8, 4) is 0 Å². The zero-order chi connectivity index (χ0) is 16.9. The summed E-state index contributed by atoms with van der Waals surface area (Å²) in [4.78, 5) is 34.1. The van der Waals surface area contributed by atoms with Crippen LogP contribution in [-0.2, 0) is 4.74 Å². The van der Waals surface area contributed by atoms with E-state index in [0.717, 1.165) is 25.9 Å². The number of hydrogen-bond donors (Lipinski definition) is 0. The Hall–Kier alpha value is -2.25. The number of carbonyl (C=O) groups is 2. The van der Waals surface area contributed by atoms with Gasteiger partial charge < -0.3 is 23.9 Å². The number of hydrogen-bond acceptors (Lipinski definition) is 6. The number of piperidine rings is 1. The van der Waals surface area contributed by atoms with Gasteiger partial charge in [-0.2, -0.15) is 4.98 Å². The lowest BCUT2D eigenvalue weighted by molar-refractivity contribution is 0.0519. The van der Waals surface area contributed by atoms with Crippen LogP contribution in [0.25, 0.3) is 0 Å². The van der Waals surface area contributed by atoms with Crippen LogP contribution in [0.5, 0.6) is 0 Å². The number of aromatic nitrogens is 1. The average Bonchev–Trinajstić information content (AvgIpc) is 3.12. The molecular weight excluding hydrogens is 312 g/mol. The zero-order valence-electron chi connectivity index (χ0n) is 14.1. The maximum atomic E-state index is 12.5. The van der Waals surface area contributed by atoms with Gasteiger partial charge in [-0.15, -0.1) is 0 Å². The van der Waals surface area contributed by atoms with Crippen LogP contribution in [0.4, 0.5) is 10.8 Å². The minimum absolute atomic E-state index is 0.133. The number of oxazole rings is 1. The first-order chi connectivity index (χ1) is 11.7. The summed E-state index contributed by atoms with van der Waals surface area (Å²) in [6.45, 7) is 6.32. The van der Waals surface area contributed by atoms with Crippen LogP contribution in [0, 0.1) is 0 Å². The highest BCUT2D eigenvalue weighted by Gasteiger charge is 2.28. The molecule has 8 nitrogen and oxygen atoms in total. The Morgan fingerprint density at radius 2 is 1.75 bits per heavy atom. The van der Waals surface area contributed by atoms with E-state index in [1.165, 1.54) is 12.7 Å². The summed E-state index contributed by atoms with van der Waals surface area (Å²) in [5.41, 5.74) is 0.179. The maximum Gasteiger partial charge on any atom is 0.360 e. The van der Waals surface area contributed by atoms with Crippen LogP contribution in [0.2, 0.25) is 0 Å². The van der Waals surface area contributed by atoms with Gasteiger partial charge in [-0.1, -0.05) is 0 Å². The van der Waals surface area contributed by atoms with Gasteiger partial charge in [0.2, 0.25) is 0 Å². The number of urea groups is 1. The van der Waals surface area contributed by atoms with E-state index >= 15 is 0 Å². The number of amides is 2. The van der Waals surface area contributed by atoms with Gasteiger partial charge in [0.15, 0.2) is 5.69 Å². The summed E-state index contributed by atoms with van der Waals surface area (Å²) < 4.78 is 10.3. The molecule has 0 aromatic carbocycles. The minimum atomic E-state index is -0.480. The third-order valence-corrected chi connectivity index (χ3v) is 4.42. The lowest BCUT2D eigenvalue weighted by Gasteiger charge is -2.38. The second kappa shape index (κ2) is 7.55. The van der Waals surface area contributed by atoms with Gasteiger partial charge >= 0.3 is 12.0 Å². The topological polar surface area (TPSA) is 79.1 Å². The van der Waals surface area contributed by atoms with Gasteiger partial charge in [0.1, 0.15) is 6.26 Å². The summed E-state index contributed by atoms with van der Waals surface area (Å²) in [5, 5.41) is 0. The molecule has 0 unspecified atom stereocenters. The standard InChI is InChI=1S/C16H24N4O4/c1-2-23-14(21)13-12-24-15(17-13)18-8-10-20(11-9-18)16(22)19-6-4-3-5-7-19/h12H,2-11H2,1H3. The second-order valence-electron chi connectivity index (χ2n) is 6.04. The Kier molecular flexibility index (Phi) is 5.22. The van der Waals surface area contributed by atoms with Crippen molar-refractivity contribution < 1.29 is 18.7 Å². The number of carbonyl (C=O) groups excluding carboxylic acids is 2. The summed E-state index contributed by atoms with van der Waals surface area (Å²) in [6.07, 6.45) is 4.72. The van der Waals surface area contributed by atoms with Gasteiger partial charge in [-0.3, -0.25) is 0 Å². The van der Waals surface area contributed by atoms with Crippen LogP contribution < -0.4 is 4.90 Å². The Balaban J connectivity index is 1.53. The van der Waals surface area contributed by atoms with Crippen LogP contribution >= 0.6 is 0 Å². The SMILES string of the molecule is CCOC(=O)c1coc(N2CCN(C(=O)N3CCCCC3)CC2)n1. The van der Waals surface area contributed by atoms with Crippen LogP contribution in [0.3, 0.4) is 0 Å². The van der Waals surface area contributed by atoms with Gasteiger partial charge in [-0.05, 0) is 26.2 Å². The van der Waals surface area contributed by atoms with E-state index < -0.39 is 5.97 Å². The van der Waals surface area contributed by atoms with E-state index in [2.05, 4.69) is 4.98 Å². The first-order valence-electron chi connectivity index (χ1n) is 8.60. The lowest BCUT2D eigenvalue weighted by atomic mass is 10.1. The van der Waals surface area contributed by atoms with E-state index in [0.29, 0.717) is 38.8 Å². The van der Waals surface area contributed by atoms with E-state index in [-0.39, 0.29) is 11.7 Å². The van der Waals surface area contributed by atoms with Crippen LogP contribution in [0.15, 0.2) is 10.7 Å². The van der Waals surface area contributed by atoms with Gasteiger partial charge in [0, 0.05) is 39.3 Å². The molecule has 24 heavy (non-hydrogen) atoms. The molecule has 2 fully saturated rings. The van der Waals surface area contributed by atoms with Crippen molar-refractivity contribution in [3.63, 3.8) is 0 Å². The zero-order valence-corrected chi connectivity index (χ0v) is 14.1. The molecule has 8 heteroatoms. The fourth-order valence-electron chi connectivity index (χ4n) is 3.08. The summed E-state index contributed by atoms with van der Waals surface area (Å²) in [6, 6.07) is 0.539. The molecule has 2 amide bonds. The third kappa shape index (κ3) is 3.63. The Labute approximate surface area is 141 Å². The summed E-state index contributed by atoms with van der Waals surface area (Å²) in [5.74, 6) is -0.480. The molecule has 0 saturated carbocycles. The second-order valence-corrected chi connectivity index (χ2v) is 6.04. The molecule has 0 aliphatic carbocycles. The molecule has 2 aliphatic rings. The van der Waals surface area contributed by atoms with Crippen molar-refractivity contribution in [2.75, 3.05) is 50.8 Å². The Bertz CT molecular complexity index is 574. The number of likely N-dealkylation sites (tertiary alicyclic amines) is 1. The van der Waals surface area contributed by atoms with Gasteiger partial charge in [0.05, 0.1) is 6.61 Å². The molecule has 3 rings (SSSR count). The molecule has 0 N–H and O–H groups in total. The molecular formula is C16H24N4O4. The number of rotatable bonds is 3. The van der Waals surface area contributed by atoms with Crippen molar-refractivity contribution in [1.82, 2.24) is 14.8 Å². The van der Waals surface area contributed by atoms with Crippen molar-refractivity contribution in [1.29, 1.82) is 0 Å². The predicted octanol–water partition coefficient (Wildman–Crippen LogP) is 1.58. The monoisotopic (exact) mass is 336 g/mol. The van der Waals surface area contributed by atoms with E-state index in [4.69, 9.17) is 9.15 Å². The highest BCUT2D eigenvalue weighted by molar-refractivity contribution is 5.87. The van der Waals surface area contributed by atoms with Crippen molar-refractivity contribution in [2.45, 2.75) is 26.2 Å². The number of esters is 1. The molecule has 0 spiro atoms. The molecule has 2 aliphatic heterocycles. The first-order valence-corrected chi connectivity index (χ1v) is 8.60. The molecule has 1 aromatic rings.